The normalized spacial score (nSPS) is 18.6. The number of fused-ring (bicyclic) bond motifs is 6. The lowest BCUT2D eigenvalue weighted by Crippen LogP contribution is -2.24. The Bertz CT molecular complexity index is 2280. The van der Waals surface area contributed by atoms with Crippen LogP contribution in [0.25, 0.3) is 33.4 Å². The van der Waals surface area contributed by atoms with Gasteiger partial charge in [0.1, 0.15) is 23.4 Å². The van der Waals surface area contributed by atoms with Crippen molar-refractivity contribution in [3.63, 3.8) is 0 Å². The van der Waals surface area contributed by atoms with Crippen molar-refractivity contribution in [2.24, 2.45) is 0 Å². The Kier molecular flexibility index (Phi) is 8.31. The van der Waals surface area contributed by atoms with E-state index in [-0.39, 0.29) is 12.0 Å². The molecule has 0 saturated heterocycles. The van der Waals surface area contributed by atoms with Gasteiger partial charge in [0.05, 0.1) is 0 Å². The second-order valence-corrected chi connectivity index (χ2v) is 13.5. The van der Waals surface area contributed by atoms with Gasteiger partial charge in [-0.05, 0) is 96.1 Å². The molecule has 3 unspecified atom stereocenters. The van der Waals surface area contributed by atoms with Gasteiger partial charge in [-0.15, -0.1) is 0 Å². The molecule has 51 heavy (non-hydrogen) atoms. The Hall–Kier alpha value is -6.06. The third kappa shape index (κ3) is 6.17. The van der Waals surface area contributed by atoms with Gasteiger partial charge in [0.15, 0.2) is 0 Å². The molecule has 0 spiro atoms. The summed E-state index contributed by atoms with van der Waals surface area (Å²) in [7, 11) is 0. The molecular weight excluding hydrogens is 623 g/mol. The van der Waals surface area contributed by atoms with Crippen molar-refractivity contribution in [3.8, 4) is 50.6 Å². The molecule has 3 aliphatic rings. The predicted octanol–water partition coefficient (Wildman–Crippen LogP) is 13.0. The highest BCUT2D eigenvalue weighted by atomic mass is 16.5. The number of para-hydroxylation sites is 2. The maximum Gasteiger partial charge on any atom is 0.136 e. The summed E-state index contributed by atoms with van der Waals surface area (Å²) in [6.45, 7) is 0. The van der Waals surface area contributed by atoms with E-state index in [1.807, 2.05) is 6.07 Å². The number of rotatable bonds is 5. The number of allylic oxidation sites excluding steroid dienone is 4. The van der Waals surface area contributed by atoms with Gasteiger partial charge in [-0.3, -0.25) is 0 Å². The van der Waals surface area contributed by atoms with Crippen molar-refractivity contribution in [1.29, 1.82) is 0 Å². The number of benzene rings is 6. The maximum atomic E-state index is 7.08. The van der Waals surface area contributed by atoms with Crippen LogP contribution in [0, 0.1) is 0 Å². The molecule has 248 valence electrons. The van der Waals surface area contributed by atoms with E-state index in [0.717, 1.165) is 80.4 Å². The molecule has 0 fully saturated rings. The van der Waals surface area contributed by atoms with E-state index < -0.39 is 0 Å². The topological polar surface area (TPSA) is 30.5 Å². The van der Waals surface area contributed by atoms with Crippen LogP contribution in [0.5, 0.6) is 17.2 Å². The molecule has 1 N–H and O–H groups in total. The number of hydrogen-bond donors (Lipinski definition) is 1. The zero-order valence-electron chi connectivity index (χ0n) is 28.4. The van der Waals surface area contributed by atoms with E-state index in [1.54, 1.807) is 0 Å². The molecule has 6 aromatic rings. The Balaban J connectivity index is 1.27. The van der Waals surface area contributed by atoms with Crippen molar-refractivity contribution in [3.05, 3.63) is 187 Å². The number of nitrogens with one attached hydrogen (secondary N) is 1. The largest absolute Gasteiger partial charge is 0.485 e. The van der Waals surface area contributed by atoms with E-state index in [4.69, 9.17) is 9.47 Å². The van der Waals surface area contributed by atoms with Crippen LogP contribution in [0.1, 0.15) is 42.2 Å². The van der Waals surface area contributed by atoms with Crippen molar-refractivity contribution in [2.45, 2.75) is 37.2 Å². The number of anilines is 2. The van der Waals surface area contributed by atoms with Gasteiger partial charge in [0.25, 0.3) is 0 Å². The van der Waals surface area contributed by atoms with Crippen LogP contribution in [0.15, 0.2) is 176 Å². The maximum absolute atomic E-state index is 7.08. The second kappa shape index (κ2) is 13.7. The van der Waals surface area contributed by atoms with E-state index in [1.165, 1.54) is 12.0 Å². The minimum absolute atomic E-state index is 0.0165. The molecule has 0 aromatic heterocycles. The monoisotopic (exact) mass is 661 g/mol. The summed E-state index contributed by atoms with van der Waals surface area (Å²) in [5, 5.41) is 3.68. The molecule has 3 atom stereocenters. The van der Waals surface area contributed by atoms with Crippen LogP contribution in [0.3, 0.4) is 0 Å². The van der Waals surface area contributed by atoms with Crippen molar-refractivity contribution in [1.82, 2.24) is 0 Å². The minimum atomic E-state index is -0.180. The van der Waals surface area contributed by atoms with E-state index in [0.29, 0.717) is 5.92 Å². The molecule has 0 amide bonds. The summed E-state index contributed by atoms with van der Waals surface area (Å²) in [4.78, 5) is 0. The Morgan fingerprint density at radius 3 is 2.24 bits per heavy atom. The molecule has 3 heteroatoms. The molecule has 9 rings (SSSR count). The van der Waals surface area contributed by atoms with Gasteiger partial charge in [0, 0.05) is 45.5 Å². The fraction of sp³-hybridized carbons (Fsp3) is 0.125. The van der Waals surface area contributed by atoms with Gasteiger partial charge in [-0.2, -0.15) is 0 Å². The van der Waals surface area contributed by atoms with Crippen LogP contribution in [-0.2, 0) is 0 Å². The van der Waals surface area contributed by atoms with Gasteiger partial charge >= 0.3 is 0 Å². The van der Waals surface area contributed by atoms with Crippen LogP contribution >= 0.6 is 0 Å². The first-order valence-electron chi connectivity index (χ1n) is 18.0. The third-order valence-electron chi connectivity index (χ3n) is 10.3. The quantitative estimate of drug-likeness (QED) is 0.187. The zero-order valence-corrected chi connectivity index (χ0v) is 28.4. The second-order valence-electron chi connectivity index (χ2n) is 13.5. The number of hydrogen-bond acceptors (Lipinski definition) is 3. The van der Waals surface area contributed by atoms with Crippen molar-refractivity contribution in [2.75, 3.05) is 5.32 Å². The van der Waals surface area contributed by atoms with Crippen LogP contribution in [-0.4, -0.2) is 6.10 Å². The molecule has 3 nitrogen and oxygen atoms in total. The summed E-state index contributed by atoms with van der Waals surface area (Å²) in [5.41, 5.74) is 11.0. The van der Waals surface area contributed by atoms with Crippen LogP contribution in [0.2, 0.25) is 0 Å². The number of ether oxygens (including phenoxy) is 2. The lowest BCUT2D eigenvalue weighted by Gasteiger charge is -2.31. The highest BCUT2D eigenvalue weighted by Gasteiger charge is 2.30. The Morgan fingerprint density at radius 2 is 1.37 bits per heavy atom. The van der Waals surface area contributed by atoms with Gasteiger partial charge < -0.3 is 14.8 Å². The fourth-order valence-electron chi connectivity index (χ4n) is 7.75. The van der Waals surface area contributed by atoms with E-state index in [9.17, 15) is 0 Å². The minimum Gasteiger partial charge on any atom is -0.485 e. The molecule has 0 bridgehead atoms. The molecule has 2 aliphatic carbocycles. The average Bonchev–Trinajstić information content (AvgIpc) is 3.20. The first-order valence-corrected chi connectivity index (χ1v) is 18.0. The molecule has 1 heterocycles. The summed E-state index contributed by atoms with van der Waals surface area (Å²) in [6.07, 6.45) is 16.6. The van der Waals surface area contributed by atoms with Gasteiger partial charge in [-0.25, -0.2) is 0 Å². The summed E-state index contributed by atoms with van der Waals surface area (Å²) < 4.78 is 14.1. The summed E-state index contributed by atoms with van der Waals surface area (Å²) in [5.74, 6) is 2.90. The van der Waals surface area contributed by atoms with E-state index >= 15 is 0 Å². The molecule has 1 aliphatic heterocycles. The van der Waals surface area contributed by atoms with Crippen LogP contribution in [0.4, 0.5) is 11.4 Å². The first-order chi connectivity index (χ1) is 25.3. The summed E-state index contributed by atoms with van der Waals surface area (Å²) >= 11 is 0. The fourth-order valence-corrected chi connectivity index (χ4v) is 7.75. The average molecular weight is 662 g/mol. The molecule has 0 radical (unpaired) electrons. The SMILES string of the molecule is C1=CC2Oc3ccc(C4C=CCCC4)cc3-c3c(cccc3-c3ccc(Nc4ccccc4)c(-c4ccccc4)c3)Oc3ccccc3C2C=C1. The molecule has 6 aromatic carbocycles. The lowest BCUT2D eigenvalue weighted by molar-refractivity contribution is 0.230. The van der Waals surface area contributed by atoms with Gasteiger partial charge in [-0.1, -0.05) is 121 Å². The Morgan fingerprint density at radius 1 is 0.569 bits per heavy atom. The smallest absolute Gasteiger partial charge is 0.136 e. The highest BCUT2D eigenvalue weighted by Crippen LogP contribution is 2.50. The Labute approximate surface area is 300 Å². The van der Waals surface area contributed by atoms with Gasteiger partial charge in [0.2, 0.25) is 0 Å². The zero-order chi connectivity index (χ0) is 34.0. The van der Waals surface area contributed by atoms with Crippen molar-refractivity contribution >= 4 is 11.4 Å². The van der Waals surface area contributed by atoms with Crippen LogP contribution < -0.4 is 14.8 Å². The molecule has 0 saturated carbocycles. The lowest BCUT2D eigenvalue weighted by atomic mass is 9.85. The first kappa shape index (κ1) is 31.0. The standard InChI is InChI=1S/C48H39NO2/c1-4-15-33(16-5-1)35-28-30-46-42(31-35)48-38(23-14-26-47(48)51-45-25-13-11-22-40(45)39-21-10-12-24-44(39)50-46)36-27-29-43(49-37-19-8-3-9-20-37)41(32-36)34-17-6-2-7-18-34/h2-4,6-15,17-33,39,44,49H,1,5,16H2. The third-order valence-corrected chi connectivity index (χ3v) is 10.3. The highest BCUT2D eigenvalue weighted by molar-refractivity contribution is 5.94. The predicted molar refractivity (Wildman–Crippen MR) is 210 cm³/mol. The summed E-state index contributed by atoms with van der Waals surface area (Å²) in [6, 6.07) is 49.3. The van der Waals surface area contributed by atoms with Crippen molar-refractivity contribution < 1.29 is 9.47 Å². The molecular formula is C48H39NO2. The van der Waals surface area contributed by atoms with E-state index in [2.05, 4.69) is 175 Å².